The van der Waals surface area contributed by atoms with Crippen molar-refractivity contribution in [3.05, 3.63) is 101 Å². The van der Waals surface area contributed by atoms with Gasteiger partial charge in [-0.05, 0) is 86.3 Å². The fourth-order valence-corrected chi connectivity index (χ4v) is 7.26. The number of likely N-dealkylation sites (tertiary alicyclic amines) is 1. The molecule has 0 spiro atoms. The van der Waals surface area contributed by atoms with Gasteiger partial charge in [0.2, 0.25) is 10.0 Å². The number of nitrogens with zero attached hydrogens (tertiary/aromatic N) is 3. The number of hydrogen-bond donors (Lipinski definition) is 0. The summed E-state index contributed by atoms with van der Waals surface area (Å²) in [6.45, 7) is 10.7. The molecular formula is C32H40ClN3O3S. The zero-order valence-electron chi connectivity index (χ0n) is 23.7. The van der Waals surface area contributed by atoms with E-state index in [-0.39, 0.29) is 29.3 Å². The molecule has 0 aliphatic carbocycles. The van der Waals surface area contributed by atoms with E-state index in [0.717, 1.165) is 30.8 Å². The lowest BCUT2D eigenvalue weighted by atomic mass is 9.95. The van der Waals surface area contributed by atoms with E-state index in [2.05, 4.69) is 4.90 Å². The highest BCUT2D eigenvalue weighted by Crippen LogP contribution is 2.35. The van der Waals surface area contributed by atoms with E-state index in [1.54, 1.807) is 28.6 Å². The van der Waals surface area contributed by atoms with Crippen molar-refractivity contribution < 1.29 is 13.2 Å². The molecule has 1 aliphatic rings. The maximum Gasteiger partial charge on any atom is 0.253 e. The van der Waals surface area contributed by atoms with Crippen LogP contribution in [-0.2, 0) is 16.6 Å². The third-order valence-corrected chi connectivity index (χ3v) is 9.69. The summed E-state index contributed by atoms with van der Waals surface area (Å²) in [4.78, 5) is 17.7. The fourth-order valence-electron chi connectivity index (χ4n) is 5.40. The smallest absolute Gasteiger partial charge is 0.253 e. The minimum atomic E-state index is -3.87. The van der Waals surface area contributed by atoms with Crippen molar-refractivity contribution >= 4 is 27.5 Å². The number of sulfonamides is 1. The van der Waals surface area contributed by atoms with E-state index < -0.39 is 10.0 Å². The van der Waals surface area contributed by atoms with Crippen molar-refractivity contribution in [2.24, 2.45) is 5.92 Å². The predicted octanol–water partition coefficient (Wildman–Crippen LogP) is 6.49. The minimum absolute atomic E-state index is 0.00299. The Morgan fingerprint density at radius 1 is 0.925 bits per heavy atom. The maximum atomic E-state index is 14.1. The van der Waals surface area contributed by atoms with Gasteiger partial charge in [0, 0.05) is 36.8 Å². The first-order valence-corrected chi connectivity index (χ1v) is 16.0. The van der Waals surface area contributed by atoms with Crippen LogP contribution in [0.1, 0.15) is 61.1 Å². The van der Waals surface area contributed by atoms with Crippen LogP contribution in [0.4, 0.5) is 0 Å². The Hall–Kier alpha value is -2.71. The molecule has 1 heterocycles. The van der Waals surface area contributed by atoms with Crippen LogP contribution in [0.5, 0.6) is 0 Å². The largest absolute Gasteiger partial charge is 0.338 e. The van der Waals surface area contributed by atoms with Gasteiger partial charge in [0.1, 0.15) is 0 Å². The molecule has 3 aromatic carbocycles. The molecule has 0 N–H and O–H groups in total. The lowest BCUT2D eigenvalue weighted by Crippen LogP contribution is -2.38. The minimum Gasteiger partial charge on any atom is -0.338 e. The summed E-state index contributed by atoms with van der Waals surface area (Å²) in [6, 6.07) is 23.0. The Kier molecular flexibility index (Phi) is 10.4. The van der Waals surface area contributed by atoms with Crippen LogP contribution in [0, 0.1) is 5.92 Å². The van der Waals surface area contributed by atoms with E-state index >= 15 is 0 Å². The number of carbonyl (C=O) groups excluding carboxylic acids is 1. The van der Waals surface area contributed by atoms with Gasteiger partial charge in [0.25, 0.3) is 5.91 Å². The molecule has 0 saturated carbocycles. The van der Waals surface area contributed by atoms with Gasteiger partial charge in [-0.15, -0.1) is 0 Å². The molecule has 0 bridgehead atoms. The molecule has 40 heavy (non-hydrogen) atoms. The number of amides is 1. The van der Waals surface area contributed by atoms with Gasteiger partial charge in [-0.1, -0.05) is 67.9 Å². The highest BCUT2D eigenvalue weighted by Gasteiger charge is 2.34. The molecule has 1 saturated heterocycles. The SMILES string of the molecule is CCN(CCN1CCCC1)C(=O)c1ccc(CN(C(c2ccccc2)C(C)C)S(=O)(=O)c2ccc(Cl)cc2)cc1. The third kappa shape index (κ3) is 7.32. The first kappa shape index (κ1) is 30.3. The van der Waals surface area contributed by atoms with Gasteiger partial charge < -0.3 is 9.80 Å². The van der Waals surface area contributed by atoms with Crippen molar-refractivity contribution in [3.8, 4) is 0 Å². The summed E-state index contributed by atoms with van der Waals surface area (Å²) in [7, 11) is -3.87. The number of halogens is 1. The summed E-state index contributed by atoms with van der Waals surface area (Å²) < 4.78 is 29.7. The third-order valence-electron chi connectivity index (χ3n) is 7.60. The molecule has 1 aliphatic heterocycles. The van der Waals surface area contributed by atoms with Gasteiger partial charge in [0.15, 0.2) is 0 Å². The zero-order valence-corrected chi connectivity index (χ0v) is 25.2. The molecule has 0 aromatic heterocycles. The normalized spacial score (nSPS) is 15.1. The number of carbonyl (C=O) groups is 1. The van der Waals surface area contributed by atoms with Crippen LogP contribution in [-0.4, -0.2) is 61.2 Å². The number of hydrogen-bond acceptors (Lipinski definition) is 4. The van der Waals surface area contributed by atoms with Gasteiger partial charge >= 0.3 is 0 Å². The van der Waals surface area contributed by atoms with Crippen molar-refractivity contribution in [3.63, 3.8) is 0 Å². The second-order valence-electron chi connectivity index (χ2n) is 10.7. The van der Waals surface area contributed by atoms with Crippen molar-refractivity contribution in [2.75, 3.05) is 32.7 Å². The fraction of sp³-hybridized carbons (Fsp3) is 0.406. The second kappa shape index (κ2) is 13.8. The zero-order chi connectivity index (χ0) is 28.7. The molecule has 0 radical (unpaired) electrons. The van der Waals surface area contributed by atoms with Gasteiger partial charge in [-0.2, -0.15) is 4.31 Å². The molecule has 1 fully saturated rings. The lowest BCUT2D eigenvalue weighted by molar-refractivity contribution is 0.0749. The lowest BCUT2D eigenvalue weighted by Gasteiger charge is -2.34. The number of likely N-dealkylation sites (N-methyl/N-ethyl adjacent to an activating group) is 1. The van der Waals surface area contributed by atoms with Crippen molar-refractivity contribution in [1.29, 1.82) is 0 Å². The van der Waals surface area contributed by atoms with E-state index in [1.165, 1.54) is 12.8 Å². The quantitative estimate of drug-likeness (QED) is 0.245. The van der Waals surface area contributed by atoms with Gasteiger partial charge in [0.05, 0.1) is 10.9 Å². The molecule has 1 unspecified atom stereocenters. The summed E-state index contributed by atoms with van der Waals surface area (Å²) in [5.41, 5.74) is 2.36. The molecule has 8 heteroatoms. The van der Waals surface area contributed by atoms with Crippen LogP contribution in [0.15, 0.2) is 83.8 Å². The Morgan fingerprint density at radius 2 is 1.55 bits per heavy atom. The Balaban J connectivity index is 1.60. The van der Waals surface area contributed by atoms with E-state index in [0.29, 0.717) is 23.7 Å². The monoisotopic (exact) mass is 581 g/mol. The van der Waals surface area contributed by atoms with Crippen LogP contribution in [0.3, 0.4) is 0 Å². The molecule has 6 nitrogen and oxygen atoms in total. The molecule has 3 aromatic rings. The van der Waals surface area contributed by atoms with E-state index in [9.17, 15) is 13.2 Å². The molecule has 1 amide bonds. The van der Waals surface area contributed by atoms with Crippen LogP contribution in [0.25, 0.3) is 0 Å². The highest BCUT2D eigenvalue weighted by molar-refractivity contribution is 7.89. The molecule has 214 valence electrons. The molecule has 1 atom stereocenters. The molecule has 4 rings (SSSR count). The summed E-state index contributed by atoms with van der Waals surface area (Å²) in [5, 5.41) is 0.482. The average Bonchev–Trinajstić information content (AvgIpc) is 3.48. The van der Waals surface area contributed by atoms with Crippen LogP contribution >= 0.6 is 11.6 Å². The van der Waals surface area contributed by atoms with Crippen molar-refractivity contribution in [1.82, 2.24) is 14.1 Å². The summed E-state index contributed by atoms with van der Waals surface area (Å²) >= 11 is 6.06. The first-order valence-electron chi connectivity index (χ1n) is 14.1. The Morgan fingerprint density at radius 3 is 2.12 bits per heavy atom. The standard InChI is InChI=1S/C32H40ClN3O3S/c1-4-35(23-22-34-20-8-9-21-34)32(37)28-14-12-26(13-15-28)24-36(31(25(2)3)27-10-6-5-7-11-27)40(38,39)30-18-16-29(33)17-19-30/h5-7,10-19,25,31H,4,8-9,20-24H2,1-3H3. The van der Waals surface area contributed by atoms with Gasteiger partial charge in [-0.3, -0.25) is 4.79 Å². The summed E-state index contributed by atoms with van der Waals surface area (Å²) in [5.74, 6) is 0.0160. The second-order valence-corrected chi connectivity index (χ2v) is 13.1. The molecular weight excluding hydrogens is 542 g/mol. The van der Waals surface area contributed by atoms with E-state index in [4.69, 9.17) is 11.6 Å². The van der Waals surface area contributed by atoms with E-state index in [1.807, 2.05) is 80.3 Å². The van der Waals surface area contributed by atoms with Gasteiger partial charge in [-0.25, -0.2) is 8.42 Å². The predicted molar refractivity (Wildman–Crippen MR) is 162 cm³/mol. The van der Waals surface area contributed by atoms with Crippen molar-refractivity contribution in [2.45, 2.75) is 51.1 Å². The van der Waals surface area contributed by atoms with Crippen LogP contribution < -0.4 is 0 Å². The average molecular weight is 582 g/mol. The number of benzene rings is 3. The topological polar surface area (TPSA) is 60.9 Å². The Bertz CT molecular complexity index is 1340. The first-order chi connectivity index (χ1) is 19.2. The van der Waals surface area contributed by atoms with Crippen LogP contribution in [0.2, 0.25) is 5.02 Å². The number of rotatable bonds is 12. The highest BCUT2D eigenvalue weighted by atomic mass is 35.5. The summed E-state index contributed by atoms with van der Waals surface area (Å²) in [6.07, 6.45) is 2.46. The Labute approximate surface area is 244 Å². The maximum absolute atomic E-state index is 14.1.